The maximum Gasteiger partial charge on any atom is 0.407 e. The first kappa shape index (κ1) is 58.3. The number of methoxy groups -OCH3 is 1. The molecule has 23 nitrogen and oxygen atoms in total. The Labute approximate surface area is 433 Å². The number of nitrogens with one attached hydrogen (secondary N) is 8. The molecule has 9 atom stereocenters. The summed E-state index contributed by atoms with van der Waals surface area (Å²) in [6, 6.07) is -0.219. The second kappa shape index (κ2) is 26.1. The van der Waals surface area contributed by atoms with E-state index in [1.54, 1.807) is 66.7 Å². The van der Waals surface area contributed by atoms with Crippen LogP contribution in [0.2, 0.25) is 0 Å². The molecular weight excluding hydrogens is 983 g/mol. The van der Waals surface area contributed by atoms with Crippen molar-refractivity contribution in [3.05, 3.63) is 23.8 Å². The number of carbonyl (C=O) groups is 11. The van der Waals surface area contributed by atoms with Gasteiger partial charge >= 0.3 is 12.1 Å². The Balaban J connectivity index is 1.67. The lowest BCUT2D eigenvalue weighted by molar-refractivity contribution is -0.149. The summed E-state index contributed by atoms with van der Waals surface area (Å²) in [5, 5.41) is 30.3. The van der Waals surface area contributed by atoms with Crippen LogP contribution in [0.4, 0.5) is 10.5 Å². The molecule has 2 bridgehead atoms. The normalized spacial score (nSPS) is 25.0. The van der Waals surface area contributed by atoms with Crippen LogP contribution in [-0.2, 0) is 63.8 Å². The number of Topliss-reactive ketones (excluding diaryl/α,β-unsaturated/α-hetero) is 2. The number of benzene rings is 1. The zero-order valence-electron chi connectivity index (χ0n) is 43.2. The monoisotopic (exact) mass is 1050 g/mol. The number of thioether (sulfide) groups is 1. The summed E-state index contributed by atoms with van der Waals surface area (Å²) in [7, 11) is 1.10. The number of aliphatic hydroxyl groups excluding tert-OH is 1. The minimum absolute atomic E-state index is 0.0420. The van der Waals surface area contributed by atoms with E-state index < -0.39 is 157 Å². The molecule has 2 aromatic rings. The minimum Gasteiger partial charge on any atom is -0.469 e. The number of anilines is 1. The van der Waals surface area contributed by atoms with E-state index >= 15 is 0 Å². The lowest BCUT2D eigenvalue weighted by atomic mass is 9.86. The molecule has 3 aliphatic rings. The number of aromatic amines is 1. The highest BCUT2D eigenvalue weighted by Gasteiger charge is 2.44. The molecule has 5 rings (SSSR count). The number of amides is 8. The molecule has 1 fully saturated rings. The fraction of sp³-hybridized carbons (Fsp3) is 0.620. The topological polar surface area (TPSA) is 330 Å². The highest BCUT2D eigenvalue weighted by atomic mass is 32.2. The van der Waals surface area contributed by atoms with Crippen molar-refractivity contribution in [3.8, 4) is 0 Å². The second-order valence-electron chi connectivity index (χ2n) is 20.2. The zero-order valence-corrected chi connectivity index (χ0v) is 44.0. The lowest BCUT2D eigenvalue weighted by Gasteiger charge is -2.31. The van der Waals surface area contributed by atoms with Gasteiger partial charge in [0.1, 0.15) is 17.7 Å². The number of hydrogen-bond acceptors (Lipinski definition) is 15. The maximum absolute atomic E-state index is 14.8. The number of ketones is 2. The van der Waals surface area contributed by atoms with Gasteiger partial charge < -0.3 is 61.7 Å². The molecule has 1 aromatic heterocycles. The number of H-pyrrole nitrogens is 1. The summed E-state index contributed by atoms with van der Waals surface area (Å²) >= 11 is 1.05. The third kappa shape index (κ3) is 16.0. The molecule has 1 saturated heterocycles. The number of rotatable bonds is 10. The van der Waals surface area contributed by atoms with Crippen LogP contribution < -0.4 is 37.2 Å². The van der Waals surface area contributed by atoms with Gasteiger partial charge in [0.2, 0.25) is 41.4 Å². The van der Waals surface area contributed by atoms with Gasteiger partial charge in [-0.1, -0.05) is 40.5 Å². The van der Waals surface area contributed by atoms with Gasteiger partial charge in [0.15, 0.2) is 11.6 Å². The van der Waals surface area contributed by atoms with Crippen LogP contribution in [0, 0.1) is 23.7 Å². The number of hydrogen-bond donors (Lipinski definition) is 9. The average Bonchev–Trinajstić information content (AvgIpc) is 3.91. The van der Waals surface area contributed by atoms with Crippen LogP contribution in [-0.4, -0.2) is 155 Å². The Bertz CT molecular complexity index is 2470. The van der Waals surface area contributed by atoms with Crippen LogP contribution in [0.3, 0.4) is 0 Å². The van der Waals surface area contributed by atoms with Gasteiger partial charge in [0, 0.05) is 67.0 Å². The van der Waals surface area contributed by atoms with Crippen LogP contribution in [0.25, 0.3) is 10.9 Å². The van der Waals surface area contributed by atoms with E-state index in [9.17, 15) is 57.8 Å². The summed E-state index contributed by atoms with van der Waals surface area (Å²) in [5.74, 6) is -11.1. The fourth-order valence-corrected chi connectivity index (χ4v) is 10.1. The highest BCUT2D eigenvalue weighted by molar-refractivity contribution is 7.99. The molecule has 74 heavy (non-hydrogen) atoms. The lowest BCUT2D eigenvalue weighted by Crippen LogP contribution is -2.55. The smallest absolute Gasteiger partial charge is 0.407 e. The number of ether oxygens (including phenoxy) is 2. The molecule has 0 saturated carbocycles. The van der Waals surface area contributed by atoms with E-state index in [0.29, 0.717) is 40.0 Å². The number of carbonyl (C=O) groups excluding carboxylic acids is 11. The number of nitrogens with zero attached hydrogens (tertiary/aromatic N) is 1. The average molecular weight is 1050 g/mol. The van der Waals surface area contributed by atoms with Gasteiger partial charge in [-0.25, -0.2) is 4.79 Å². The standard InChI is InChI=1S/C50H71N9O14S/c1-9-25(3)42-37(62)16-27-15-32-31-19-29(54-38(63)13-14-51-49(71)73-50(5,6)7)11-12-33(31)56-47(32)74-24-34(55-39(64)21-53-46(69)43(26(4)10-2)57-40(65)22-52-44(27)67)36(61)17-28(18-41(66)72-8)48(70)59-23-30(60)20-35(59)45(68)58-42/h11-12,19,25-28,30,34-35,42-43,56,60H,9-10,13-18,20-24H2,1-8H3,(H,51,71)(H,52,67)(H,53,69)(H,54,63)(H,55,64)(H,57,65)(H,58,68)/t25-,26-,27+,28-,30+,34-,35-,42-,43-/m0/s1. The molecule has 1 aromatic carbocycles. The molecule has 4 heterocycles. The Morgan fingerprint density at radius 2 is 1.51 bits per heavy atom. The molecule has 8 amide bonds. The third-order valence-electron chi connectivity index (χ3n) is 13.4. The van der Waals surface area contributed by atoms with Crippen molar-refractivity contribution in [3.63, 3.8) is 0 Å². The molecule has 9 N–H and O–H groups in total. The van der Waals surface area contributed by atoms with Gasteiger partial charge in [-0.2, -0.15) is 0 Å². The van der Waals surface area contributed by atoms with E-state index in [4.69, 9.17) is 9.47 Å². The van der Waals surface area contributed by atoms with Gasteiger partial charge in [0.25, 0.3) is 0 Å². The zero-order chi connectivity index (χ0) is 54.6. The molecule has 0 spiro atoms. The van der Waals surface area contributed by atoms with Gasteiger partial charge in [-0.05, 0) is 62.8 Å². The van der Waals surface area contributed by atoms with E-state index in [2.05, 4.69) is 42.2 Å². The Hall–Kier alpha value is -6.56. The Morgan fingerprint density at radius 1 is 0.851 bits per heavy atom. The van der Waals surface area contributed by atoms with E-state index in [1.165, 1.54) is 0 Å². The third-order valence-corrected chi connectivity index (χ3v) is 14.5. The van der Waals surface area contributed by atoms with Crippen LogP contribution in [0.1, 0.15) is 99.0 Å². The second-order valence-corrected chi connectivity index (χ2v) is 21.2. The summed E-state index contributed by atoms with van der Waals surface area (Å²) in [5.41, 5.74) is 0.501. The largest absolute Gasteiger partial charge is 0.469 e. The Kier molecular flexibility index (Phi) is 20.6. The van der Waals surface area contributed by atoms with Gasteiger partial charge in [-0.15, -0.1) is 11.8 Å². The molecule has 406 valence electrons. The minimum atomic E-state index is -1.44. The predicted molar refractivity (Wildman–Crippen MR) is 270 cm³/mol. The molecule has 3 aliphatic heterocycles. The summed E-state index contributed by atoms with van der Waals surface area (Å²) in [6.45, 7) is 10.5. The first-order valence-electron chi connectivity index (χ1n) is 25.0. The van der Waals surface area contributed by atoms with E-state index in [-0.39, 0.29) is 38.1 Å². The van der Waals surface area contributed by atoms with Crippen molar-refractivity contribution in [2.75, 3.05) is 44.4 Å². The van der Waals surface area contributed by atoms with Crippen molar-refractivity contribution in [1.82, 2.24) is 41.8 Å². The summed E-state index contributed by atoms with van der Waals surface area (Å²) in [6.07, 6.45) is -3.40. The SMILES string of the molecule is CC[C@H](C)[C@@H]1NC(=O)[C@@H]2C[C@@H](O)CN2C(=O)[C@H](CC(=O)OC)CC(=O)[C@@H]2CSc3[nH]c4ccc(NC(=O)CCNC(=O)OC(C)(C)C)cc4c3C[C@H](CC1=O)C(=O)NCC(=O)N[C@@H]([C@@H](C)CC)C(=O)NCC(=O)N2. The van der Waals surface area contributed by atoms with Gasteiger partial charge in [0.05, 0.1) is 55.8 Å². The summed E-state index contributed by atoms with van der Waals surface area (Å²) < 4.78 is 10.1. The van der Waals surface area contributed by atoms with Crippen LogP contribution >= 0.6 is 11.8 Å². The molecule has 0 unspecified atom stereocenters. The van der Waals surface area contributed by atoms with Crippen molar-refractivity contribution in [2.24, 2.45) is 23.7 Å². The molecule has 0 radical (unpaired) electrons. The number of alkyl carbamates (subject to hydrolysis) is 1. The number of aliphatic hydroxyl groups is 1. The maximum atomic E-state index is 14.8. The number of fused-ring (bicyclic) bond motifs is 5. The number of aromatic nitrogens is 1. The quantitative estimate of drug-likeness (QED) is 0.151. The predicted octanol–water partition coefficient (Wildman–Crippen LogP) is 1.14. The molecule has 0 aliphatic carbocycles. The summed E-state index contributed by atoms with van der Waals surface area (Å²) in [4.78, 5) is 156. The first-order chi connectivity index (χ1) is 34.9. The van der Waals surface area contributed by atoms with E-state index in [0.717, 1.165) is 23.8 Å². The van der Waals surface area contributed by atoms with Crippen molar-refractivity contribution in [2.45, 2.75) is 141 Å². The molecular formula is C50H71N9O14S. The Morgan fingerprint density at radius 3 is 2.18 bits per heavy atom. The van der Waals surface area contributed by atoms with Crippen molar-refractivity contribution >= 4 is 93.3 Å². The van der Waals surface area contributed by atoms with Crippen molar-refractivity contribution < 1.29 is 67.3 Å². The van der Waals surface area contributed by atoms with Gasteiger partial charge in [-0.3, -0.25) is 47.9 Å². The molecule has 24 heteroatoms. The van der Waals surface area contributed by atoms with Crippen molar-refractivity contribution in [1.29, 1.82) is 0 Å². The van der Waals surface area contributed by atoms with Crippen LogP contribution in [0.5, 0.6) is 0 Å². The highest BCUT2D eigenvalue weighted by Crippen LogP contribution is 2.36. The number of esters is 1. The van der Waals surface area contributed by atoms with E-state index in [1.807, 2.05) is 0 Å². The fourth-order valence-electron chi connectivity index (χ4n) is 8.94. The van der Waals surface area contributed by atoms with Crippen LogP contribution in [0.15, 0.2) is 23.2 Å². The first-order valence-corrected chi connectivity index (χ1v) is 26.0.